The van der Waals surface area contributed by atoms with E-state index in [-0.39, 0.29) is 5.91 Å². The number of pyridine rings is 1. The number of para-hydroxylation sites is 1. The third kappa shape index (κ3) is 3.05. The topological polar surface area (TPSA) is 42.0 Å². The molecule has 0 spiro atoms. The lowest BCUT2D eigenvalue weighted by atomic mass is 10.2. The highest BCUT2D eigenvalue weighted by atomic mass is 16.1. The van der Waals surface area contributed by atoms with E-state index in [1.165, 1.54) is 6.92 Å². The number of nitrogens with zero attached hydrogens (tertiary/aromatic N) is 1. The Kier molecular flexibility index (Phi) is 3.37. The van der Waals surface area contributed by atoms with Gasteiger partial charge in [0.1, 0.15) is 5.69 Å². The van der Waals surface area contributed by atoms with Crippen molar-refractivity contribution in [1.29, 1.82) is 0 Å². The van der Waals surface area contributed by atoms with Gasteiger partial charge in [-0.3, -0.25) is 4.79 Å². The Balaban J connectivity index is 2.16. The molecule has 17 heavy (non-hydrogen) atoms. The highest BCUT2D eigenvalue weighted by molar-refractivity contribution is 5.78. The molecule has 0 radical (unpaired) electrons. The summed E-state index contributed by atoms with van der Waals surface area (Å²) in [5, 5.41) is 3.71. The van der Waals surface area contributed by atoms with Crippen molar-refractivity contribution in [1.82, 2.24) is 10.3 Å². The fourth-order valence-electron chi connectivity index (χ4n) is 1.44. The first kappa shape index (κ1) is 11.2. The van der Waals surface area contributed by atoms with Crippen LogP contribution in [0.1, 0.15) is 12.6 Å². The van der Waals surface area contributed by atoms with E-state index in [2.05, 4.69) is 22.1 Å². The molecule has 2 aromatic rings. The lowest BCUT2D eigenvalue weighted by Gasteiger charge is -1.96. The van der Waals surface area contributed by atoms with Crippen molar-refractivity contribution < 1.29 is 4.79 Å². The van der Waals surface area contributed by atoms with E-state index in [9.17, 15) is 4.79 Å². The van der Waals surface area contributed by atoms with Crippen LogP contribution in [0.3, 0.4) is 0 Å². The van der Waals surface area contributed by atoms with E-state index in [4.69, 9.17) is 0 Å². The second-order valence-corrected chi connectivity index (χ2v) is 3.60. The zero-order chi connectivity index (χ0) is 12.1. The number of carbonyl (C=O) groups is 1. The average molecular weight is 224 g/mol. The minimum atomic E-state index is -0.0780. The van der Waals surface area contributed by atoms with E-state index in [0.717, 1.165) is 10.9 Å². The summed E-state index contributed by atoms with van der Waals surface area (Å²) in [4.78, 5) is 15.0. The molecule has 2 rings (SSSR count). The molecule has 1 N–H and O–H groups in total. The molecule has 0 fully saturated rings. The summed E-state index contributed by atoms with van der Waals surface area (Å²) < 4.78 is 0. The number of aromatic nitrogens is 1. The summed E-state index contributed by atoms with van der Waals surface area (Å²) in [6.45, 7) is 1.82. The first-order chi connectivity index (χ1) is 8.25. The zero-order valence-electron chi connectivity index (χ0n) is 9.53. The number of rotatable bonds is 1. The van der Waals surface area contributed by atoms with E-state index in [1.54, 1.807) is 0 Å². The molecule has 0 bridgehead atoms. The second-order valence-electron chi connectivity index (χ2n) is 3.60. The van der Waals surface area contributed by atoms with Gasteiger partial charge in [-0.1, -0.05) is 30.2 Å². The molecule has 1 aromatic carbocycles. The van der Waals surface area contributed by atoms with Crippen LogP contribution in [0.15, 0.2) is 36.4 Å². The van der Waals surface area contributed by atoms with Crippen molar-refractivity contribution in [2.75, 3.05) is 6.54 Å². The Morgan fingerprint density at radius 1 is 1.29 bits per heavy atom. The van der Waals surface area contributed by atoms with E-state index < -0.39 is 0 Å². The van der Waals surface area contributed by atoms with Gasteiger partial charge in [-0.05, 0) is 18.1 Å². The largest absolute Gasteiger partial charge is 0.345 e. The van der Waals surface area contributed by atoms with Crippen LogP contribution in [0, 0.1) is 11.8 Å². The average Bonchev–Trinajstić information content (AvgIpc) is 2.34. The smallest absolute Gasteiger partial charge is 0.217 e. The van der Waals surface area contributed by atoms with Gasteiger partial charge in [0.15, 0.2) is 0 Å². The second kappa shape index (κ2) is 5.13. The summed E-state index contributed by atoms with van der Waals surface area (Å²) in [6, 6.07) is 11.8. The highest BCUT2D eigenvalue weighted by Crippen LogP contribution is 2.10. The van der Waals surface area contributed by atoms with E-state index in [1.807, 2.05) is 36.4 Å². The third-order valence-electron chi connectivity index (χ3n) is 2.24. The fraction of sp³-hybridized carbons (Fsp3) is 0.143. The number of carbonyl (C=O) groups excluding carboxylic acids is 1. The normalized spacial score (nSPS) is 9.47. The standard InChI is InChI=1S/C14H12N2O/c1-11(17)15-10-4-6-13-9-8-12-5-2-3-7-14(12)16-13/h2-3,5,7-9H,10H2,1H3,(H,15,17). The quantitative estimate of drug-likeness (QED) is 0.749. The molecule has 0 aliphatic heterocycles. The third-order valence-corrected chi connectivity index (χ3v) is 2.24. The van der Waals surface area contributed by atoms with Crippen LogP contribution in [0.4, 0.5) is 0 Å². The number of hydrogen-bond donors (Lipinski definition) is 1. The van der Waals surface area contributed by atoms with Gasteiger partial charge < -0.3 is 5.32 Å². The lowest BCUT2D eigenvalue weighted by Crippen LogP contribution is -2.19. The Hall–Kier alpha value is -2.34. The maximum Gasteiger partial charge on any atom is 0.217 e. The van der Waals surface area contributed by atoms with Gasteiger partial charge in [0.05, 0.1) is 12.1 Å². The van der Waals surface area contributed by atoms with Crippen LogP contribution >= 0.6 is 0 Å². The van der Waals surface area contributed by atoms with Crippen LogP contribution in [-0.2, 0) is 4.79 Å². The molecule has 0 atom stereocenters. The van der Waals surface area contributed by atoms with Gasteiger partial charge in [-0.15, -0.1) is 0 Å². The Morgan fingerprint density at radius 3 is 2.94 bits per heavy atom. The number of benzene rings is 1. The molecule has 3 heteroatoms. The molecule has 1 heterocycles. The molecule has 84 valence electrons. The molecular formula is C14H12N2O. The predicted molar refractivity (Wildman–Crippen MR) is 67.3 cm³/mol. The Labute approximate surface area is 99.9 Å². The monoisotopic (exact) mass is 224 g/mol. The molecule has 1 aromatic heterocycles. The first-order valence-electron chi connectivity index (χ1n) is 5.35. The van der Waals surface area contributed by atoms with Crippen LogP contribution < -0.4 is 5.32 Å². The molecule has 0 aliphatic carbocycles. The molecule has 0 saturated heterocycles. The molecule has 0 unspecified atom stereocenters. The molecule has 0 aliphatic rings. The van der Waals surface area contributed by atoms with Gasteiger partial charge in [-0.2, -0.15) is 0 Å². The van der Waals surface area contributed by atoms with E-state index >= 15 is 0 Å². The number of fused-ring (bicyclic) bond motifs is 1. The van der Waals surface area contributed by atoms with Gasteiger partial charge in [0.25, 0.3) is 0 Å². The molecular weight excluding hydrogens is 212 g/mol. The Morgan fingerprint density at radius 2 is 2.12 bits per heavy atom. The summed E-state index contributed by atoms with van der Waals surface area (Å²) in [6.07, 6.45) is 0. The fourth-order valence-corrected chi connectivity index (χ4v) is 1.44. The van der Waals surface area contributed by atoms with Gasteiger partial charge in [-0.25, -0.2) is 4.98 Å². The summed E-state index contributed by atoms with van der Waals surface area (Å²) >= 11 is 0. The van der Waals surface area contributed by atoms with Crippen molar-refractivity contribution in [3.63, 3.8) is 0 Å². The van der Waals surface area contributed by atoms with E-state index in [0.29, 0.717) is 12.2 Å². The summed E-state index contributed by atoms with van der Waals surface area (Å²) in [5.41, 5.74) is 1.65. The van der Waals surface area contributed by atoms with Crippen LogP contribution in [0.2, 0.25) is 0 Å². The van der Waals surface area contributed by atoms with Crippen molar-refractivity contribution >= 4 is 16.8 Å². The maximum atomic E-state index is 10.6. The van der Waals surface area contributed by atoms with Crippen molar-refractivity contribution in [2.24, 2.45) is 0 Å². The SMILES string of the molecule is CC(=O)NCC#Cc1ccc2ccccc2n1. The van der Waals surface area contributed by atoms with Gasteiger partial charge in [0.2, 0.25) is 5.91 Å². The first-order valence-corrected chi connectivity index (χ1v) is 5.35. The maximum absolute atomic E-state index is 10.6. The minimum Gasteiger partial charge on any atom is -0.345 e. The van der Waals surface area contributed by atoms with Gasteiger partial charge >= 0.3 is 0 Å². The minimum absolute atomic E-state index is 0.0780. The summed E-state index contributed by atoms with van der Waals surface area (Å²) in [7, 11) is 0. The number of nitrogens with one attached hydrogen (secondary N) is 1. The van der Waals surface area contributed by atoms with Crippen LogP contribution in [0.25, 0.3) is 10.9 Å². The zero-order valence-corrected chi connectivity index (χ0v) is 9.53. The predicted octanol–water partition coefficient (Wildman–Crippen LogP) is 1.72. The highest BCUT2D eigenvalue weighted by Gasteiger charge is 1.94. The van der Waals surface area contributed by atoms with Crippen LogP contribution in [0.5, 0.6) is 0 Å². The molecule has 3 nitrogen and oxygen atoms in total. The van der Waals surface area contributed by atoms with Crippen molar-refractivity contribution in [3.8, 4) is 11.8 Å². The molecule has 0 saturated carbocycles. The summed E-state index contributed by atoms with van der Waals surface area (Å²) in [5.74, 6) is 5.69. The number of hydrogen-bond acceptors (Lipinski definition) is 2. The number of amides is 1. The lowest BCUT2D eigenvalue weighted by molar-refractivity contribution is -0.118. The van der Waals surface area contributed by atoms with Gasteiger partial charge in [0, 0.05) is 12.3 Å². The Bertz CT molecular complexity index is 608. The van der Waals surface area contributed by atoms with Crippen LogP contribution in [-0.4, -0.2) is 17.4 Å². The molecule has 1 amide bonds. The van der Waals surface area contributed by atoms with Crippen molar-refractivity contribution in [2.45, 2.75) is 6.92 Å². The van der Waals surface area contributed by atoms with Crippen molar-refractivity contribution in [3.05, 3.63) is 42.1 Å².